The summed E-state index contributed by atoms with van der Waals surface area (Å²) in [5.74, 6) is -0.806. The number of hydrogen-bond acceptors (Lipinski definition) is 3. The Morgan fingerprint density at radius 2 is 2.00 bits per heavy atom. The molecule has 0 aromatic rings. The summed E-state index contributed by atoms with van der Waals surface area (Å²) in [5.41, 5.74) is 5.19. The fourth-order valence-corrected chi connectivity index (χ4v) is 0.618. The molecule has 0 spiro atoms. The first kappa shape index (κ1) is 10.3. The van der Waals surface area contributed by atoms with Crippen molar-refractivity contribution >= 4 is 17.8 Å². The first-order valence-electron chi connectivity index (χ1n) is 3.25. The SMILES string of the molecule is C=C.CN1C(=O)CC(=O)N=C1N. The largest absolute Gasteiger partial charge is 0.369 e. The Balaban J connectivity index is 0.000000561. The van der Waals surface area contributed by atoms with E-state index in [1.54, 1.807) is 0 Å². The van der Waals surface area contributed by atoms with Crippen molar-refractivity contribution in [3.8, 4) is 0 Å². The van der Waals surface area contributed by atoms with Gasteiger partial charge in [-0.3, -0.25) is 14.5 Å². The summed E-state index contributed by atoms with van der Waals surface area (Å²) in [6, 6.07) is 0. The van der Waals surface area contributed by atoms with Crippen LogP contribution >= 0.6 is 0 Å². The Hall–Kier alpha value is -1.65. The molecule has 12 heavy (non-hydrogen) atoms. The minimum absolute atomic E-state index is 0.0266. The maximum atomic E-state index is 10.8. The Bertz CT molecular complexity index is 235. The van der Waals surface area contributed by atoms with Crippen molar-refractivity contribution in [2.45, 2.75) is 6.42 Å². The lowest BCUT2D eigenvalue weighted by molar-refractivity contribution is -0.132. The molecule has 5 nitrogen and oxygen atoms in total. The van der Waals surface area contributed by atoms with Crippen molar-refractivity contribution in [2.24, 2.45) is 10.7 Å². The van der Waals surface area contributed by atoms with Crippen LogP contribution in [0.5, 0.6) is 0 Å². The number of nitrogens with zero attached hydrogens (tertiary/aromatic N) is 2. The summed E-state index contributed by atoms with van der Waals surface area (Å²) in [4.78, 5) is 25.8. The number of aliphatic imine (C=N–C) groups is 1. The van der Waals surface area contributed by atoms with E-state index in [-0.39, 0.29) is 18.3 Å². The van der Waals surface area contributed by atoms with E-state index in [1.807, 2.05) is 0 Å². The molecule has 0 bridgehead atoms. The van der Waals surface area contributed by atoms with Crippen molar-refractivity contribution in [1.82, 2.24) is 4.90 Å². The van der Waals surface area contributed by atoms with Crippen LogP contribution in [-0.4, -0.2) is 29.7 Å². The topological polar surface area (TPSA) is 75.8 Å². The zero-order chi connectivity index (χ0) is 9.72. The molecule has 2 amide bonds. The van der Waals surface area contributed by atoms with Gasteiger partial charge < -0.3 is 5.73 Å². The highest BCUT2D eigenvalue weighted by molar-refractivity contribution is 6.12. The Kier molecular flexibility index (Phi) is 3.69. The molecule has 0 aliphatic carbocycles. The van der Waals surface area contributed by atoms with Gasteiger partial charge in [0, 0.05) is 7.05 Å². The van der Waals surface area contributed by atoms with Gasteiger partial charge >= 0.3 is 0 Å². The third kappa shape index (κ3) is 2.19. The average molecular weight is 169 g/mol. The van der Waals surface area contributed by atoms with Crippen LogP contribution in [0.2, 0.25) is 0 Å². The van der Waals surface area contributed by atoms with Crippen molar-refractivity contribution in [2.75, 3.05) is 7.05 Å². The molecule has 0 aromatic carbocycles. The molecule has 0 saturated heterocycles. The van der Waals surface area contributed by atoms with Gasteiger partial charge in [-0.25, -0.2) is 0 Å². The molecular weight excluding hydrogens is 158 g/mol. The summed E-state index contributed by atoms with van der Waals surface area (Å²) in [6.07, 6.45) is -0.169. The Labute approximate surface area is 70.6 Å². The third-order valence-electron chi connectivity index (χ3n) is 1.26. The number of nitrogens with two attached hydrogens (primary N) is 1. The molecule has 0 saturated carbocycles. The van der Waals surface area contributed by atoms with E-state index in [0.717, 1.165) is 4.90 Å². The van der Waals surface area contributed by atoms with Crippen molar-refractivity contribution in [3.63, 3.8) is 0 Å². The van der Waals surface area contributed by atoms with E-state index in [9.17, 15) is 9.59 Å². The van der Waals surface area contributed by atoms with Crippen molar-refractivity contribution < 1.29 is 9.59 Å². The van der Waals surface area contributed by atoms with Crippen LogP contribution in [0.4, 0.5) is 0 Å². The first-order valence-corrected chi connectivity index (χ1v) is 3.25. The van der Waals surface area contributed by atoms with Crippen LogP contribution in [0.15, 0.2) is 18.2 Å². The molecule has 1 aliphatic heterocycles. The van der Waals surface area contributed by atoms with Gasteiger partial charge in [-0.15, -0.1) is 13.2 Å². The van der Waals surface area contributed by atoms with Crippen LogP contribution in [-0.2, 0) is 9.59 Å². The smallest absolute Gasteiger partial charge is 0.258 e. The monoisotopic (exact) mass is 169 g/mol. The second-order valence-electron chi connectivity index (χ2n) is 1.99. The van der Waals surface area contributed by atoms with Gasteiger partial charge in [0.15, 0.2) is 0 Å². The van der Waals surface area contributed by atoms with Gasteiger partial charge in [0.25, 0.3) is 5.91 Å². The molecule has 1 rings (SSSR count). The van der Waals surface area contributed by atoms with E-state index in [0.29, 0.717) is 0 Å². The normalized spacial score (nSPS) is 16.4. The van der Waals surface area contributed by atoms with Gasteiger partial charge in [0.05, 0.1) is 0 Å². The molecular formula is C7H11N3O2. The molecule has 66 valence electrons. The zero-order valence-electron chi connectivity index (χ0n) is 6.91. The zero-order valence-corrected chi connectivity index (χ0v) is 6.91. The van der Waals surface area contributed by atoms with Gasteiger partial charge in [-0.2, -0.15) is 4.99 Å². The second kappa shape index (κ2) is 4.27. The van der Waals surface area contributed by atoms with E-state index in [2.05, 4.69) is 18.2 Å². The highest BCUT2D eigenvalue weighted by Crippen LogP contribution is 1.99. The lowest BCUT2D eigenvalue weighted by atomic mass is 10.3. The summed E-state index contributed by atoms with van der Waals surface area (Å²) < 4.78 is 0. The van der Waals surface area contributed by atoms with Crippen LogP contribution in [0, 0.1) is 0 Å². The second-order valence-corrected chi connectivity index (χ2v) is 1.99. The average Bonchev–Trinajstić information content (AvgIpc) is 2.04. The first-order chi connectivity index (χ1) is 5.61. The summed E-state index contributed by atoms with van der Waals surface area (Å²) in [7, 11) is 1.48. The highest BCUT2D eigenvalue weighted by Gasteiger charge is 2.21. The number of hydrogen-bond donors (Lipinski definition) is 1. The van der Waals surface area contributed by atoms with Crippen molar-refractivity contribution in [3.05, 3.63) is 13.2 Å². The Morgan fingerprint density at radius 3 is 2.42 bits per heavy atom. The molecule has 0 fully saturated rings. The number of carbonyl (C=O) groups is 2. The maximum Gasteiger partial charge on any atom is 0.258 e. The summed E-state index contributed by atoms with van der Waals surface area (Å²) in [5, 5.41) is 0. The molecule has 1 aliphatic rings. The molecule has 1 heterocycles. The fraction of sp³-hybridized carbons (Fsp3) is 0.286. The number of guanidine groups is 1. The van der Waals surface area contributed by atoms with E-state index in [1.165, 1.54) is 7.05 Å². The van der Waals surface area contributed by atoms with Crippen LogP contribution in [0.3, 0.4) is 0 Å². The summed E-state index contributed by atoms with van der Waals surface area (Å²) >= 11 is 0. The Morgan fingerprint density at radius 1 is 1.50 bits per heavy atom. The minimum atomic E-state index is -0.472. The van der Waals surface area contributed by atoms with Crippen LogP contribution in [0.25, 0.3) is 0 Å². The number of rotatable bonds is 0. The molecule has 2 N–H and O–H groups in total. The fourth-order valence-electron chi connectivity index (χ4n) is 0.618. The van der Waals surface area contributed by atoms with Crippen LogP contribution < -0.4 is 5.73 Å². The predicted octanol–water partition coefficient (Wildman–Crippen LogP) is -0.508. The van der Waals surface area contributed by atoms with Gasteiger partial charge in [0.1, 0.15) is 6.42 Å². The molecule has 0 atom stereocenters. The maximum absolute atomic E-state index is 10.8. The van der Waals surface area contributed by atoms with E-state index in [4.69, 9.17) is 5.73 Å². The van der Waals surface area contributed by atoms with Crippen LogP contribution in [0.1, 0.15) is 6.42 Å². The predicted molar refractivity (Wildman–Crippen MR) is 45.3 cm³/mol. The number of carbonyl (C=O) groups excluding carboxylic acids is 2. The molecule has 0 aromatic heterocycles. The van der Waals surface area contributed by atoms with Gasteiger partial charge in [0.2, 0.25) is 11.9 Å². The third-order valence-corrected chi connectivity index (χ3v) is 1.26. The minimum Gasteiger partial charge on any atom is -0.369 e. The summed E-state index contributed by atoms with van der Waals surface area (Å²) in [6.45, 7) is 6.00. The number of amides is 2. The molecule has 5 heteroatoms. The van der Waals surface area contributed by atoms with Gasteiger partial charge in [-0.05, 0) is 0 Å². The lowest BCUT2D eigenvalue weighted by Crippen LogP contribution is -2.43. The van der Waals surface area contributed by atoms with E-state index < -0.39 is 5.91 Å². The van der Waals surface area contributed by atoms with Crippen molar-refractivity contribution in [1.29, 1.82) is 0 Å². The van der Waals surface area contributed by atoms with E-state index >= 15 is 0 Å². The standard InChI is InChI=1S/C5H7N3O2.C2H4/c1-8-4(10)2-3(9)7-5(8)6;1-2/h2H2,1H3,(H2,6,7,9);1-2H2. The molecule has 0 unspecified atom stereocenters. The lowest BCUT2D eigenvalue weighted by Gasteiger charge is -2.18. The molecule has 0 radical (unpaired) electrons. The van der Waals surface area contributed by atoms with Gasteiger partial charge in [-0.1, -0.05) is 0 Å². The highest BCUT2D eigenvalue weighted by atomic mass is 16.2. The quantitative estimate of drug-likeness (QED) is 0.392.